The maximum absolute atomic E-state index is 12.5. The smallest absolute Gasteiger partial charge is 0.295 e. The van der Waals surface area contributed by atoms with Gasteiger partial charge in [-0.05, 0) is 25.5 Å². The van der Waals surface area contributed by atoms with Crippen LogP contribution in [0.4, 0.5) is 5.69 Å². The molecule has 0 radical (unpaired) electrons. The molecule has 0 spiro atoms. The zero-order valence-corrected chi connectivity index (χ0v) is 14.4. The lowest BCUT2D eigenvalue weighted by Crippen LogP contribution is -2.15. The molecule has 0 aliphatic heterocycles. The Balaban J connectivity index is 1.58. The summed E-state index contributed by atoms with van der Waals surface area (Å²) in [5, 5.41) is 11.6. The first-order valence-corrected chi connectivity index (χ1v) is 8.18. The predicted octanol–water partition coefficient (Wildman–Crippen LogP) is 2.24. The number of rotatable bonds is 4. The van der Waals surface area contributed by atoms with Gasteiger partial charge in [0.15, 0.2) is 0 Å². The lowest BCUT2D eigenvalue weighted by molar-refractivity contribution is 0.101. The van der Waals surface area contributed by atoms with Gasteiger partial charge in [0.05, 0.1) is 23.6 Å². The van der Waals surface area contributed by atoms with Gasteiger partial charge in [0.2, 0.25) is 5.82 Å². The average Bonchev–Trinajstić information content (AvgIpc) is 3.19. The van der Waals surface area contributed by atoms with Crippen LogP contribution in [0.25, 0.3) is 5.78 Å². The fraction of sp³-hybridized carbons (Fsp3) is 0.167. The summed E-state index contributed by atoms with van der Waals surface area (Å²) in [6, 6.07) is 11.8. The van der Waals surface area contributed by atoms with Crippen molar-refractivity contribution in [1.82, 2.24) is 29.4 Å². The molecular weight excluding hydrogens is 330 g/mol. The number of fused-ring (bicyclic) bond motifs is 1. The van der Waals surface area contributed by atoms with Gasteiger partial charge in [0.25, 0.3) is 11.7 Å². The van der Waals surface area contributed by atoms with E-state index < -0.39 is 0 Å². The van der Waals surface area contributed by atoms with Crippen LogP contribution < -0.4 is 5.32 Å². The maximum atomic E-state index is 12.5. The number of amides is 1. The molecule has 0 fully saturated rings. The molecule has 0 unspecified atom stereocenters. The first-order valence-electron chi connectivity index (χ1n) is 8.18. The van der Waals surface area contributed by atoms with E-state index in [0.29, 0.717) is 18.0 Å². The Kier molecular flexibility index (Phi) is 3.92. The summed E-state index contributed by atoms with van der Waals surface area (Å²) >= 11 is 0. The lowest BCUT2D eigenvalue weighted by atomic mass is 10.2. The molecule has 4 aromatic rings. The lowest BCUT2D eigenvalue weighted by Gasteiger charge is -2.06. The van der Waals surface area contributed by atoms with E-state index in [-0.39, 0.29) is 11.7 Å². The number of nitrogens with zero attached hydrogens (tertiary/aromatic N) is 6. The van der Waals surface area contributed by atoms with Gasteiger partial charge in [-0.1, -0.05) is 30.3 Å². The summed E-state index contributed by atoms with van der Waals surface area (Å²) < 4.78 is 3.34. The predicted molar refractivity (Wildman–Crippen MR) is 96.0 cm³/mol. The van der Waals surface area contributed by atoms with Gasteiger partial charge in [-0.25, -0.2) is 9.50 Å². The third-order valence-electron chi connectivity index (χ3n) is 4.11. The third-order valence-corrected chi connectivity index (χ3v) is 4.11. The molecule has 0 bridgehead atoms. The number of anilines is 1. The minimum atomic E-state index is -0.388. The zero-order valence-electron chi connectivity index (χ0n) is 14.4. The van der Waals surface area contributed by atoms with Gasteiger partial charge in [0.1, 0.15) is 0 Å². The van der Waals surface area contributed by atoms with Crippen molar-refractivity contribution in [3.05, 3.63) is 71.6 Å². The van der Waals surface area contributed by atoms with Crippen LogP contribution in [0.15, 0.2) is 48.8 Å². The first kappa shape index (κ1) is 15.9. The molecule has 0 aliphatic rings. The summed E-state index contributed by atoms with van der Waals surface area (Å²) in [5.41, 5.74) is 3.44. The minimum absolute atomic E-state index is 0.0679. The second-order valence-electron chi connectivity index (χ2n) is 5.94. The van der Waals surface area contributed by atoms with Crippen LogP contribution in [-0.2, 0) is 6.54 Å². The van der Waals surface area contributed by atoms with E-state index in [9.17, 15) is 4.79 Å². The van der Waals surface area contributed by atoms with Crippen molar-refractivity contribution in [2.24, 2.45) is 0 Å². The summed E-state index contributed by atoms with van der Waals surface area (Å²) in [6.07, 6.45) is 3.30. The van der Waals surface area contributed by atoms with Crippen LogP contribution in [0.5, 0.6) is 0 Å². The van der Waals surface area contributed by atoms with Gasteiger partial charge >= 0.3 is 0 Å². The molecule has 8 nitrogen and oxygen atoms in total. The number of hydrogen-bond acceptors (Lipinski definition) is 5. The SMILES string of the molecule is Cc1nn(Cc2ccccc2)c(C)c1NC(=O)c1nc2ncccn2n1. The van der Waals surface area contributed by atoms with Gasteiger partial charge < -0.3 is 5.32 Å². The molecule has 0 saturated heterocycles. The van der Waals surface area contributed by atoms with Crippen LogP contribution >= 0.6 is 0 Å². The molecule has 4 rings (SSSR count). The largest absolute Gasteiger partial charge is 0.316 e. The highest BCUT2D eigenvalue weighted by atomic mass is 16.2. The number of carbonyl (C=O) groups excluding carboxylic acids is 1. The molecule has 0 saturated carbocycles. The topological polar surface area (TPSA) is 90.0 Å². The van der Waals surface area contributed by atoms with E-state index in [0.717, 1.165) is 17.0 Å². The minimum Gasteiger partial charge on any atom is -0.316 e. The molecule has 8 heteroatoms. The van der Waals surface area contributed by atoms with E-state index in [1.54, 1.807) is 18.5 Å². The molecule has 3 aromatic heterocycles. The molecule has 1 amide bonds. The Morgan fingerprint density at radius 1 is 1.12 bits per heavy atom. The van der Waals surface area contributed by atoms with Crippen molar-refractivity contribution in [2.75, 3.05) is 5.32 Å². The van der Waals surface area contributed by atoms with Crippen LogP contribution in [0, 0.1) is 13.8 Å². The number of aryl methyl sites for hydroxylation is 1. The maximum Gasteiger partial charge on any atom is 0.295 e. The summed E-state index contributed by atoms with van der Waals surface area (Å²) in [5.74, 6) is 0.0603. The number of nitrogens with one attached hydrogen (secondary N) is 1. The van der Waals surface area contributed by atoms with Crippen LogP contribution in [0.3, 0.4) is 0 Å². The quantitative estimate of drug-likeness (QED) is 0.611. The molecule has 0 atom stereocenters. The van der Waals surface area contributed by atoms with Crippen molar-refractivity contribution >= 4 is 17.4 Å². The Bertz CT molecular complexity index is 1050. The van der Waals surface area contributed by atoms with E-state index in [1.807, 2.05) is 48.9 Å². The average molecular weight is 347 g/mol. The second kappa shape index (κ2) is 6.40. The zero-order chi connectivity index (χ0) is 18.1. The number of hydrogen-bond donors (Lipinski definition) is 1. The fourth-order valence-electron chi connectivity index (χ4n) is 2.79. The van der Waals surface area contributed by atoms with Crippen LogP contribution in [0.2, 0.25) is 0 Å². The van der Waals surface area contributed by atoms with Gasteiger partial charge in [-0.15, -0.1) is 5.10 Å². The Labute approximate surface area is 149 Å². The van der Waals surface area contributed by atoms with E-state index in [2.05, 4.69) is 25.5 Å². The van der Waals surface area contributed by atoms with E-state index >= 15 is 0 Å². The summed E-state index contributed by atoms with van der Waals surface area (Å²) in [7, 11) is 0. The number of benzene rings is 1. The first-order chi connectivity index (χ1) is 12.6. The Hall–Kier alpha value is -3.55. The normalized spacial score (nSPS) is 11.0. The van der Waals surface area contributed by atoms with E-state index in [1.165, 1.54) is 4.52 Å². The van der Waals surface area contributed by atoms with Crippen molar-refractivity contribution in [3.8, 4) is 0 Å². The van der Waals surface area contributed by atoms with Crippen molar-refractivity contribution in [3.63, 3.8) is 0 Å². The highest BCUT2D eigenvalue weighted by Crippen LogP contribution is 2.21. The van der Waals surface area contributed by atoms with Crippen LogP contribution in [-0.4, -0.2) is 35.3 Å². The van der Waals surface area contributed by atoms with Crippen LogP contribution in [0.1, 0.15) is 27.6 Å². The molecule has 1 N–H and O–H groups in total. The molecule has 130 valence electrons. The number of aromatic nitrogens is 6. The molecule has 0 aliphatic carbocycles. The van der Waals surface area contributed by atoms with Gasteiger partial charge in [-0.2, -0.15) is 10.1 Å². The highest BCUT2D eigenvalue weighted by molar-refractivity contribution is 6.02. The van der Waals surface area contributed by atoms with Crippen molar-refractivity contribution in [2.45, 2.75) is 20.4 Å². The number of carbonyl (C=O) groups is 1. The van der Waals surface area contributed by atoms with Crippen molar-refractivity contribution < 1.29 is 4.79 Å². The Morgan fingerprint density at radius 3 is 2.69 bits per heavy atom. The summed E-state index contributed by atoms with van der Waals surface area (Å²) in [6.45, 7) is 4.43. The fourth-order valence-corrected chi connectivity index (χ4v) is 2.79. The highest BCUT2D eigenvalue weighted by Gasteiger charge is 2.18. The molecule has 1 aromatic carbocycles. The third kappa shape index (κ3) is 2.92. The van der Waals surface area contributed by atoms with Gasteiger partial charge in [0, 0.05) is 12.4 Å². The standard InChI is InChI=1S/C18H17N7O/c1-12-15(13(2)25(22-12)11-14-7-4-3-5-8-14)20-17(26)16-21-18-19-9-6-10-24(18)23-16/h3-10H,11H2,1-2H3,(H,20,26). The monoisotopic (exact) mass is 347 g/mol. The van der Waals surface area contributed by atoms with E-state index in [4.69, 9.17) is 0 Å². The Morgan fingerprint density at radius 2 is 1.92 bits per heavy atom. The molecular formula is C18H17N7O. The molecule has 3 heterocycles. The second-order valence-corrected chi connectivity index (χ2v) is 5.94. The summed E-state index contributed by atoms with van der Waals surface area (Å²) in [4.78, 5) is 20.8. The van der Waals surface area contributed by atoms with Crippen molar-refractivity contribution in [1.29, 1.82) is 0 Å². The molecule has 26 heavy (non-hydrogen) atoms. The van der Waals surface area contributed by atoms with Gasteiger partial charge in [-0.3, -0.25) is 9.48 Å².